The molecule has 23 heavy (non-hydrogen) atoms. The molecule has 1 atom stereocenters. The predicted octanol–water partition coefficient (Wildman–Crippen LogP) is 1.27. The van der Waals surface area contributed by atoms with Crippen LogP contribution in [0.4, 0.5) is 0 Å². The van der Waals surface area contributed by atoms with Crippen LogP contribution in [0.3, 0.4) is 0 Å². The van der Waals surface area contributed by atoms with Crippen LogP contribution >= 0.6 is 0 Å². The zero-order valence-electron chi connectivity index (χ0n) is 13.7. The van der Waals surface area contributed by atoms with Crippen LogP contribution in [0.1, 0.15) is 30.3 Å². The highest BCUT2D eigenvalue weighted by Gasteiger charge is 2.27. The summed E-state index contributed by atoms with van der Waals surface area (Å²) in [4.78, 5) is 18.7. The van der Waals surface area contributed by atoms with Crippen LogP contribution < -0.4 is 5.32 Å². The third kappa shape index (κ3) is 3.98. The number of nitrogens with zero attached hydrogens (tertiary/aromatic N) is 4. The molecule has 1 saturated heterocycles. The number of carbonyl (C=O) groups is 1. The van der Waals surface area contributed by atoms with Gasteiger partial charge in [0.15, 0.2) is 0 Å². The topological polar surface area (TPSA) is 76.2 Å². The van der Waals surface area contributed by atoms with Crippen molar-refractivity contribution in [2.45, 2.75) is 45.8 Å². The molecule has 7 heteroatoms. The van der Waals surface area contributed by atoms with E-state index in [0.717, 1.165) is 43.3 Å². The van der Waals surface area contributed by atoms with E-state index in [9.17, 15) is 4.79 Å². The van der Waals surface area contributed by atoms with E-state index in [1.165, 1.54) is 0 Å². The molecule has 124 valence electrons. The number of nitrogens with one attached hydrogen (secondary N) is 1. The molecule has 0 bridgehead atoms. The van der Waals surface area contributed by atoms with Gasteiger partial charge in [-0.15, -0.1) is 0 Å². The second-order valence-corrected chi connectivity index (χ2v) is 6.01. The van der Waals surface area contributed by atoms with E-state index in [1.54, 1.807) is 6.26 Å². The summed E-state index contributed by atoms with van der Waals surface area (Å²) in [6.45, 7) is 6.46. The molecule has 1 aliphatic heterocycles. The van der Waals surface area contributed by atoms with Crippen LogP contribution in [-0.4, -0.2) is 44.7 Å². The fourth-order valence-electron chi connectivity index (χ4n) is 3.08. The van der Waals surface area contributed by atoms with Crippen LogP contribution in [0.2, 0.25) is 0 Å². The first-order valence-electron chi connectivity index (χ1n) is 8.03. The lowest BCUT2D eigenvalue weighted by Gasteiger charge is -2.23. The van der Waals surface area contributed by atoms with Crippen LogP contribution in [-0.2, 0) is 17.9 Å². The Morgan fingerprint density at radius 1 is 1.48 bits per heavy atom. The summed E-state index contributed by atoms with van der Waals surface area (Å²) >= 11 is 0. The fraction of sp³-hybridized carbons (Fsp3) is 0.562. The monoisotopic (exact) mass is 317 g/mol. The second-order valence-electron chi connectivity index (χ2n) is 6.01. The number of amides is 1. The van der Waals surface area contributed by atoms with Crippen molar-refractivity contribution in [2.75, 3.05) is 13.1 Å². The van der Waals surface area contributed by atoms with Gasteiger partial charge >= 0.3 is 0 Å². The molecule has 0 spiro atoms. The summed E-state index contributed by atoms with van der Waals surface area (Å²) in [5.41, 5.74) is 0. The number of rotatable bonds is 6. The Morgan fingerprint density at radius 3 is 3.04 bits per heavy atom. The highest BCUT2D eigenvalue weighted by atomic mass is 16.3. The number of carbonyl (C=O) groups excluding carboxylic acids is 1. The summed E-state index contributed by atoms with van der Waals surface area (Å²) < 4.78 is 7.17. The third-order valence-corrected chi connectivity index (χ3v) is 4.23. The van der Waals surface area contributed by atoms with Gasteiger partial charge < -0.3 is 9.73 Å². The number of hydrogen-bond acceptors (Lipinski definition) is 5. The van der Waals surface area contributed by atoms with Crippen molar-refractivity contribution in [3.63, 3.8) is 0 Å². The lowest BCUT2D eigenvalue weighted by molar-refractivity contribution is -0.122. The highest BCUT2D eigenvalue weighted by molar-refractivity contribution is 5.78. The molecule has 1 fully saturated rings. The predicted molar refractivity (Wildman–Crippen MR) is 84.6 cm³/mol. The zero-order valence-corrected chi connectivity index (χ0v) is 13.7. The third-order valence-electron chi connectivity index (χ3n) is 4.23. The minimum atomic E-state index is 0.0276. The number of likely N-dealkylation sites (tertiary alicyclic amines) is 1. The number of aryl methyl sites for hydroxylation is 2. The normalized spacial score (nSPS) is 18.4. The summed E-state index contributed by atoms with van der Waals surface area (Å²) in [6.07, 6.45) is 3.81. The van der Waals surface area contributed by atoms with E-state index in [2.05, 4.69) is 20.3 Å². The van der Waals surface area contributed by atoms with Crippen molar-refractivity contribution in [3.05, 3.63) is 35.8 Å². The molecule has 3 rings (SSSR count). The number of furan rings is 1. The summed E-state index contributed by atoms with van der Waals surface area (Å²) in [6, 6.07) is 4.01. The van der Waals surface area contributed by atoms with Crippen molar-refractivity contribution in [1.29, 1.82) is 0 Å². The fourth-order valence-corrected chi connectivity index (χ4v) is 3.08. The Hall–Kier alpha value is -2.15. The van der Waals surface area contributed by atoms with Crippen molar-refractivity contribution < 1.29 is 9.21 Å². The molecule has 1 amide bonds. The lowest BCUT2D eigenvalue weighted by atomic mass is 10.2. The Labute approximate surface area is 135 Å². The SMILES string of the molecule is Cc1nc(C)n(C[C@H]2CCCN2CC(=O)NCc2ccco2)n1. The first-order chi connectivity index (χ1) is 11.1. The van der Waals surface area contributed by atoms with Crippen LogP contribution in [0.5, 0.6) is 0 Å². The quantitative estimate of drug-likeness (QED) is 0.868. The van der Waals surface area contributed by atoms with Crippen LogP contribution in [0, 0.1) is 13.8 Å². The average Bonchev–Trinajstić information content (AvgIpc) is 3.22. The van der Waals surface area contributed by atoms with Crippen molar-refractivity contribution in [2.24, 2.45) is 0 Å². The van der Waals surface area contributed by atoms with Gasteiger partial charge in [-0.3, -0.25) is 9.69 Å². The maximum Gasteiger partial charge on any atom is 0.234 e. The van der Waals surface area contributed by atoms with Gasteiger partial charge in [-0.05, 0) is 45.4 Å². The molecule has 0 radical (unpaired) electrons. The highest BCUT2D eigenvalue weighted by Crippen LogP contribution is 2.18. The smallest absolute Gasteiger partial charge is 0.234 e. The van der Waals surface area contributed by atoms with E-state index in [4.69, 9.17) is 4.42 Å². The first kappa shape index (κ1) is 15.7. The molecule has 1 N–H and O–H groups in total. The maximum absolute atomic E-state index is 12.1. The van der Waals surface area contributed by atoms with E-state index in [0.29, 0.717) is 19.1 Å². The molecule has 0 saturated carbocycles. The zero-order chi connectivity index (χ0) is 16.2. The van der Waals surface area contributed by atoms with Gasteiger partial charge in [0.25, 0.3) is 0 Å². The lowest BCUT2D eigenvalue weighted by Crippen LogP contribution is -2.41. The van der Waals surface area contributed by atoms with Gasteiger partial charge in [0.05, 0.1) is 25.9 Å². The van der Waals surface area contributed by atoms with E-state index in [-0.39, 0.29) is 5.91 Å². The van der Waals surface area contributed by atoms with Crippen molar-refractivity contribution in [1.82, 2.24) is 25.0 Å². The largest absolute Gasteiger partial charge is 0.467 e. The molecule has 2 aromatic rings. The molecule has 0 unspecified atom stereocenters. The molecule has 0 aromatic carbocycles. The van der Waals surface area contributed by atoms with Gasteiger partial charge in [0.2, 0.25) is 5.91 Å². The number of hydrogen-bond donors (Lipinski definition) is 1. The van der Waals surface area contributed by atoms with E-state index >= 15 is 0 Å². The van der Waals surface area contributed by atoms with Crippen molar-refractivity contribution >= 4 is 5.91 Å². The Kier molecular flexibility index (Phi) is 4.76. The Morgan fingerprint density at radius 2 is 2.35 bits per heavy atom. The van der Waals surface area contributed by atoms with Gasteiger partial charge in [-0.2, -0.15) is 5.10 Å². The van der Waals surface area contributed by atoms with E-state index < -0.39 is 0 Å². The maximum atomic E-state index is 12.1. The number of aromatic nitrogens is 3. The van der Waals surface area contributed by atoms with Gasteiger partial charge in [-0.25, -0.2) is 9.67 Å². The van der Waals surface area contributed by atoms with Crippen LogP contribution in [0.25, 0.3) is 0 Å². The molecular formula is C16H23N5O2. The summed E-state index contributed by atoms with van der Waals surface area (Å²) in [5, 5.41) is 7.33. The first-order valence-corrected chi connectivity index (χ1v) is 8.03. The molecule has 1 aliphatic rings. The molecule has 0 aliphatic carbocycles. The van der Waals surface area contributed by atoms with Gasteiger partial charge in [-0.1, -0.05) is 0 Å². The summed E-state index contributed by atoms with van der Waals surface area (Å²) in [7, 11) is 0. The summed E-state index contributed by atoms with van der Waals surface area (Å²) in [5.74, 6) is 2.52. The van der Waals surface area contributed by atoms with Gasteiger partial charge in [0, 0.05) is 6.04 Å². The average molecular weight is 317 g/mol. The molecule has 7 nitrogen and oxygen atoms in total. The van der Waals surface area contributed by atoms with E-state index in [1.807, 2.05) is 30.7 Å². The minimum absolute atomic E-state index is 0.0276. The van der Waals surface area contributed by atoms with Crippen molar-refractivity contribution in [3.8, 4) is 0 Å². The van der Waals surface area contributed by atoms with Crippen LogP contribution in [0.15, 0.2) is 22.8 Å². The Bertz CT molecular complexity index is 649. The Balaban J connectivity index is 1.52. The molecule has 2 aromatic heterocycles. The standard InChI is InChI=1S/C16H23N5O2/c1-12-18-13(2)21(19-12)10-14-5-3-7-20(14)11-16(22)17-9-15-6-4-8-23-15/h4,6,8,14H,3,5,7,9-11H2,1-2H3,(H,17,22)/t14-/m1/s1. The minimum Gasteiger partial charge on any atom is -0.467 e. The van der Waals surface area contributed by atoms with Gasteiger partial charge in [0.1, 0.15) is 17.4 Å². The molecular weight excluding hydrogens is 294 g/mol. The second kappa shape index (κ2) is 6.95. The molecule has 3 heterocycles.